The fraction of sp³-hybridized carbons (Fsp3) is 1.00. The predicted molar refractivity (Wildman–Crippen MR) is 74.0 cm³/mol. The van der Waals surface area contributed by atoms with Crippen molar-refractivity contribution in [1.29, 1.82) is 0 Å². The molecule has 2 fully saturated rings. The van der Waals surface area contributed by atoms with Crippen molar-refractivity contribution in [3.05, 3.63) is 0 Å². The van der Waals surface area contributed by atoms with Crippen molar-refractivity contribution < 1.29 is 0 Å². The maximum absolute atomic E-state index is 6.22. The number of hydrogen-bond acceptors (Lipinski definition) is 2. The van der Waals surface area contributed by atoms with Gasteiger partial charge in [-0.05, 0) is 51.4 Å². The molecule has 2 rings (SSSR count). The van der Waals surface area contributed by atoms with Crippen LogP contribution in [0.3, 0.4) is 0 Å². The third-order valence-corrected chi connectivity index (χ3v) is 5.11. The van der Waals surface area contributed by atoms with Crippen molar-refractivity contribution in [2.24, 2.45) is 17.6 Å². The SMILES string of the molecule is CC(C)N(CC1CC1)C1(CN)CCCCC1C. The summed E-state index contributed by atoms with van der Waals surface area (Å²) in [6.45, 7) is 9.26. The van der Waals surface area contributed by atoms with E-state index in [0.717, 1.165) is 18.4 Å². The molecule has 2 unspecified atom stereocenters. The average Bonchev–Trinajstić information content (AvgIpc) is 3.11. The summed E-state index contributed by atoms with van der Waals surface area (Å²) in [4.78, 5) is 2.76. The molecular formula is C15H30N2. The molecule has 0 aliphatic heterocycles. The van der Waals surface area contributed by atoms with Crippen molar-refractivity contribution in [2.75, 3.05) is 13.1 Å². The van der Waals surface area contributed by atoms with Crippen LogP contribution in [0, 0.1) is 11.8 Å². The number of nitrogens with two attached hydrogens (primary N) is 1. The first-order chi connectivity index (χ1) is 8.10. The Morgan fingerprint density at radius 3 is 2.41 bits per heavy atom. The van der Waals surface area contributed by atoms with Gasteiger partial charge in [0.15, 0.2) is 0 Å². The molecule has 0 saturated heterocycles. The Bertz CT molecular complexity index is 247. The van der Waals surface area contributed by atoms with Crippen LogP contribution in [-0.2, 0) is 0 Å². The average molecular weight is 238 g/mol. The van der Waals surface area contributed by atoms with Crippen LogP contribution >= 0.6 is 0 Å². The van der Waals surface area contributed by atoms with Gasteiger partial charge in [0.2, 0.25) is 0 Å². The second kappa shape index (κ2) is 5.27. The van der Waals surface area contributed by atoms with E-state index >= 15 is 0 Å². The molecule has 17 heavy (non-hydrogen) atoms. The van der Waals surface area contributed by atoms with Gasteiger partial charge in [-0.25, -0.2) is 0 Å². The van der Waals surface area contributed by atoms with E-state index < -0.39 is 0 Å². The molecule has 2 aliphatic carbocycles. The highest BCUT2D eigenvalue weighted by molar-refractivity contribution is 5.00. The molecule has 0 amide bonds. The third-order valence-electron chi connectivity index (χ3n) is 5.11. The highest BCUT2D eigenvalue weighted by Gasteiger charge is 2.44. The van der Waals surface area contributed by atoms with Gasteiger partial charge >= 0.3 is 0 Å². The maximum Gasteiger partial charge on any atom is 0.0360 e. The highest BCUT2D eigenvalue weighted by atomic mass is 15.2. The largest absolute Gasteiger partial charge is 0.329 e. The van der Waals surface area contributed by atoms with Gasteiger partial charge in [0.25, 0.3) is 0 Å². The standard InChI is InChI=1S/C15H30N2/c1-12(2)17(10-14-7-8-14)15(11-16)9-5-4-6-13(15)3/h12-14H,4-11,16H2,1-3H3. The Hall–Kier alpha value is -0.0800. The zero-order valence-corrected chi connectivity index (χ0v) is 11.9. The summed E-state index contributed by atoms with van der Waals surface area (Å²) < 4.78 is 0. The number of rotatable bonds is 5. The molecule has 2 aliphatic rings. The van der Waals surface area contributed by atoms with Crippen LogP contribution in [0.15, 0.2) is 0 Å². The molecule has 0 bridgehead atoms. The molecule has 2 saturated carbocycles. The Kier molecular flexibility index (Phi) is 4.14. The Labute approximate surface area is 107 Å². The van der Waals surface area contributed by atoms with E-state index in [0.29, 0.717) is 11.6 Å². The molecule has 0 radical (unpaired) electrons. The van der Waals surface area contributed by atoms with Gasteiger partial charge in [-0.3, -0.25) is 4.90 Å². The molecule has 0 aromatic carbocycles. The first-order valence-corrected chi connectivity index (χ1v) is 7.57. The molecule has 0 spiro atoms. The van der Waals surface area contributed by atoms with E-state index in [1.165, 1.54) is 45.1 Å². The zero-order chi connectivity index (χ0) is 12.5. The third kappa shape index (κ3) is 2.68. The number of hydrogen-bond donors (Lipinski definition) is 1. The molecule has 0 heterocycles. The van der Waals surface area contributed by atoms with Crippen LogP contribution in [0.25, 0.3) is 0 Å². The molecule has 2 nitrogen and oxygen atoms in total. The predicted octanol–water partition coefficient (Wildman–Crippen LogP) is 3.01. The molecule has 0 aromatic heterocycles. The number of nitrogens with zero attached hydrogens (tertiary/aromatic N) is 1. The van der Waals surface area contributed by atoms with Crippen molar-refractivity contribution in [2.45, 2.75) is 70.9 Å². The first kappa shape index (κ1) is 13.4. The summed E-state index contributed by atoms with van der Waals surface area (Å²) in [5.41, 5.74) is 6.52. The Morgan fingerprint density at radius 1 is 1.24 bits per heavy atom. The van der Waals surface area contributed by atoms with E-state index in [1.807, 2.05) is 0 Å². The summed E-state index contributed by atoms with van der Waals surface area (Å²) in [7, 11) is 0. The lowest BCUT2D eigenvalue weighted by atomic mass is 9.71. The van der Waals surface area contributed by atoms with Gasteiger partial charge in [-0.1, -0.05) is 19.8 Å². The van der Waals surface area contributed by atoms with Crippen LogP contribution < -0.4 is 5.73 Å². The molecular weight excluding hydrogens is 208 g/mol. The topological polar surface area (TPSA) is 29.3 Å². The van der Waals surface area contributed by atoms with Gasteiger partial charge in [0.05, 0.1) is 0 Å². The Balaban J connectivity index is 2.15. The lowest BCUT2D eigenvalue weighted by molar-refractivity contribution is -0.0125. The molecule has 2 N–H and O–H groups in total. The van der Waals surface area contributed by atoms with Crippen molar-refractivity contribution in [3.63, 3.8) is 0 Å². The molecule has 100 valence electrons. The zero-order valence-electron chi connectivity index (χ0n) is 11.9. The van der Waals surface area contributed by atoms with E-state index in [1.54, 1.807) is 0 Å². The van der Waals surface area contributed by atoms with Gasteiger partial charge in [-0.2, -0.15) is 0 Å². The molecule has 0 aromatic rings. The van der Waals surface area contributed by atoms with E-state index in [2.05, 4.69) is 25.7 Å². The molecule has 2 atom stereocenters. The molecule has 2 heteroatoms. The van der Waals surface area contributed by atoms with Crippen molar-refractivity contribution in [3.8, 4) is 0 Å². The second-order valence-electron chi connectivity index (χ2n) is 6.64. The minimum Gasteiger partial charge on any atom is -0.329 e. The summed E-state index contributed by atoms with van der Waals surface area (Å²) in [5, 5.41) is 0. The smallest absolute Gasteiger partial charge is 0.0360 e. The lowest BCUT2D eigenvalue weighted by Crippen LogP contribution is -2.61. The second-order valence-corrected chi connectivity index (χ2v) is 6.64. The first-order valence-electron chi connectivity index (χ1n) is 7.57. The van der Waals surface area contributed by atoms with Crippen LogP contribution in [0.1, 0.15) is 59.3 Å². The summed E-state index contributed by atoms with van der Waals surface area (Å²) in [6, 6.07) is 0.639. The quantitative estimate of drug-likeness (QED) is 0.798. The summed E-state index contributed by atoms with van der Waals surface area (Å²) in [6.07, 6.45) is 8.34. The van der Waals surface area contributed by atoms with Crippen LogP contribution in [0.4, 0.5) is 0 Å². The van der Waals surface area contributed by atoms with Crippen LogP contribution in [0.2, 0.25) is 0 Å². The van der Waals surface area contributed by atoms with Crippen LogP contribution in [-0.4, -0.2) is 29.6 Å². The lowest BCUT2D eigenvalue weighted by Gasteiger charge is -2.52. The van der Waals surface area contributed by atoms with Gasteiger partial charge in [0.1, 0.15) is 0 Å². The maximum atomic E-state index is 6.22. The van der Waals surface area contributed by atoms with Crippen molar-refractivity contribution >= 4 is 0 Å². The minimum absolute atomic E-state index is 0.301. The van der Waals surface area contributed by atoms with Gasteiger partial charge in [0, 0.05) is 24.7 Å². The fourth-order valence-electron chi connectivity index (χ4n) is 3.73. The van der Waals surface area contributed by atoms with E-state index in [9.17, 15) is 0 Å². The van der Waals surface area contributed by atoms with E-state index in [-0.39, 0.29) is 0 Å². The van der Waals surface area contributed by atoms with E-state index in [4.69, 9.17) is 5.73 Å². The van der Waals surface area contributed by atoms with Gasteiger partial charge < -0.3 is 5.73 Å². The van der Waals surface area contributed by atoms with Gasteiger partial charge in [-0.15, -0.1) is 0 Å². The Morgan fingerprint density at radius 2 is 1.94 bits per heavy atom. The normalized spacial score (nSPS) is 34.6. The monoisotopic (exact) mass is 238 g/mol. The van der Waals surface area contributed by atoms with Crippen molar-refractivity contribution in [1.82, 2.24) is 4.90 Å². The van der Waals surface area contributed by atoms with Crippen LogP contribution in [0.5, 0.6) is 0 Å². The summed E-state index contributed by atoms with van der Waals surface area (Å²) in [5.74, 6) is 1.73. The fourth-order valence-corrected chi connectivity index (χ4v) is 3.73. The highest BCUT2D eigenvalue weighted by Crippen LogP contribution is 2.41. The summed E-state index contributed by atoms with van der Waals surface area (Å²) >= 11 is 0. The minimum atomic E-state index is 0.301.